The topological polar surface area (TPSA) is 9.86 Å². The smallest absolute Gasteiger partial charge is 0.0544 e. The second-order valence-electron chi connectivity index (χ2n) is 20.4. The summed E-state index contributed by atoms with van der Waals surface area (Å²) in [5, 5.41) is 5.31. The predicted octanol–water partition coefficient (Wildman–Crippen LogP) is 14.7. The van der Waals surface area contributed by atoms with Crippen LogP contribution in [0, 0.1) is 10.8 Å². The third-order valence-corrected chi connectivity index (χ3v) is 17.2. The molecule has 6 aromatic carbocycles. The maximum atomic E-state index is 2.52. The summed E-state index contributed by atoms with van der Waals surface area (Å²) >= 11 is 0. The van der Waals surface area contributed by atoms with Crippen LogP contribution in [-0.4, -0.2) is 9.13 Å². The van der Waals surface area contributed by atoms with Crippen LogP contribution >= 0.6 is 0 Å². The fraction of sp³-hybridized carbons (Fsp3) is 0.333. The van der Waals surface area contributed by atoms with Gasteiger partial charge in [-0.2, -0.15) is 0 Å². The van der Waals surface area contributed by atoms with Crippen LogP contribution < -0.4 is 0 Å². The molecule has 10 rings (SSSR count). The number of hydrogen-bond donors (Lipinski definition) is 0. The van der Waals surface area contributed by atoms with E-state index in [1.807, 2.05) is 0 Å². The SMILES string of the molecule is CC1(C)c2cc3c4ccccc4n(-c4ccc(-c5ccc(-n6c7ccccc7c7cc8c(cc76)C(C)(C)C(C)(C)C8(C)C)cc5)cc4)c3cc2C(C)(C)C1(C)C. The first-order valence-corrected chi connectivity index (χ1v) is 20.7. The molecule has 0 saturated heterocycles. The Balaban J connectivity index is 1.06. The zero-order valence-corrected chi connectivity index (χ0v) is 35.4. The van der Waals surface area contributed by atoms with Crippen molar-refractivity contribution in [1.82, 2.24) is 9.13 Å². The Bertz CT molecular complexity index is 2730. The maximum absolute atomic E-state index is 2.52. The van der Waals surface area contributed by atoms with E-state index in [1.54, 1.807) is 0 Å². The fourth-order valence-corrected chi connectivity index (χ4v) is 11.2. The number of benzene rings is 6. The molecule has 2 aliphatic carbocycles. The molecule has 282 valence electrons. The lowest BCUT2D eigenvalue weighted by molar-refractivity contribution is 0.125. The van der Waals surface area contributed by atoms with Crippen molar-refractivity contribution in [3.05, 3.63) is 144 Å². The summed E-state index contributed by atoms with van der Waals surface area (Å²) in [6.07, 6.45) is 0. The minimum Gasteiger partial charge on any atom is -0.309 e. The zero-order chi connectivity index (χ0) is 39.5. The molecule has 0 amide bonds. The van der Waals surface area contributed by atoms with Crippen LogP contribution in [-0.2, 0) is 21.7 Å². The monoisotopic (exact) mass is 732 g/mol. The van der Waals surface area contributed by atoms with Gasteiger partial charge in [-0.15, -0.1) is 0 Å². The number of rotatable bonds is 3. The van der Waals surface area contributed by atoms with Crippen LogP contribution in [0.15, 0.2) is 121 Å². The average molecular weight is 733 g/mol. The molecule has 0 atom stereocenters. The van der Waals surface area contributed by atoms with E-state index in [1.165, 1.54) is 88.4 Å². The summed E-state index contributed by atoms with van der Waals surface area (Å²) in [5.41, 5.74) is 16.3. The molecule has 0 unspecified atom stereocenters. The van der Waals surface area contributed by atoms with E-state index >= 15 is 0 Å². The number of fused-ring (bicyclic) bond motifs is 8. The lowest BCUT2D eigenvalue weighted by Crippen LogP contribution is -2.42. The van der Waals surface area contributed by atoms with E-state index in [0.29, 0.717) is 0 Å². The molecule has 2 nitrogen and oxygen atoms in total. The van der Waals surface area contributed by atoms with Crippen LogP contribution in [0.3, 0.4) is 0 Å². The van der Waals surface area contributed by atoms with Gasteiger partial charge in [0.15, 0.2) is 0 Å². The predicted molar refractivity (Wildman–Crippen MR) is 240 cm³/mol. The number of hydrogen-bond acceptors (Lipinski definition) is 0. The summed E-state index contributed by atoms with van der Waals surface area (Å²) in [6, 6.07) is 46.3. The van der Waals surface area contributed by atoms with Gasteiger partial charge in [0.05, 0.1) is 22.1 Å². The van der Waals surface area contributed by atoms with Crippen LogP contribution in [0.1, 0.15) is 105 Å². The van der Waals surface area contributed by atoms with E-state index in [2.05, 4.69) is 214 Å². The van der Waals surface area contributed by atoms with Gasteiger partial charge in [0, 0.05) is 32.9 Å². The summed E-state index contributed by atoms with van der Waals surface area (Å²) in [5.74, 6) is 0. The Hall–Kier alpha value is -5.08. The lowest BCUT2D eigenvalue weighted by atomic mass is 9.59. The molecule has 0 spiro atoms. The summed E-state index contributed by atoms with van der Waals surface area (Å²) in [4.78, 5) is 0. The van der Waals surface area contributed by atoms with Gasteiger partial charge in [0.1, 0.15) is 0 Å². The number of para-hydroxylation sites is 2. The molecule has 0 fully saturated rings. The minimum atomic E-state index is 0.0427. The fourth-order valence-electron chi connectivity index (χ4n) is 11.2. The van der Waals surface area contributed by atoms with E-state index in [4.69, 9.17) is 0 Å². The number of aromatic nitrogens is 2. The molecule has 2 heteroatoms. The molecule has 0 saturated carbocycles. The number of nitrogens with zero attached hydrogens (tertiary/aromatic N) is 2. The van der Waals surface area contributed by atoms with Gasteiger partial charge < -0.3 is 9.13 Å². The zero-order valence-electron chi connectivity index (χ0n) is 35.4. The van der Waals surface area contributed by atoms with Gasteiger partial charge in [-0.3, -0.25) is 0 Å². The van der Waals surface area contributed by atoms with E-state index in [-0.39, 0.29) is 32.5 Å². The molecule has 8 aromatic rings. The molecule has 0 N–H and O–H groups in total. The van der Waals surface area contributed by atoms with Crippen molar-refractivity contribution < 1.29 is 0 Å². The van der Waals surface area contributed by atoms with Crippen molar-refractivity contribution in [2.24, 2.45) is 10.8 Å². The van der Waals surface area contributed by atoms with Gasteiger partial charge in [-0.1, -0.05) is 144 Å². The Kier molecular flexibility index (Phi) is 6.85. The van der Waals surface area contributed by atoms with Crippen LogP contribution in [0.2, 0.25) is 0 Å². The third kappa shape index (κ3) is 4.13. The van der Waals surface area contributed by atoms with Gasteiger partial charge in [-0.05, 0) is 127 Å². The van der Waals surface area contributed by atoms with Gasteiger partial charge in [-0.25, -0.2) is 0 Å². The highest BCUT2D eigenvalue weighted by Crippen LogP contribution is 2.63. The van der Waals surface area contributed by atoms with Crippen molar-refractivity contribution in [1.29, 1.82) is 0 Å². The van der Waals surface area contributed by atoms with E-state index < -0.39 is 0 Å². The minimum absolute atomic E-state index is 0.0427. The van der Waals surface area contributed by atoms with Crippen molar-refractivity contribution >= 4 is 43.6 Å². The first kappa shape index (κ1) is 35.3. The Morgan fingerprint density at radius 2 is 0.607 bits per heavy atom. The molecule has 2 aliphatic rings. The molecule has 0 aliphatic heterocycles. The summed E-state index contributed by atoms with van der Waals surface area (Å²) in [7, 11) is 0. The highest BCUT2D eigenvalue weighted by atomic mass is 15.0. The summed E-state index contributed by atoms with van der Waals surface area (Å²) < 4.78 is 4.96. The second kappa shape index (κ2) is 10.9. The quantitative estimate of drug-likeness (QED) is 0.171. The van der Waals surface area contributed by atoms with Crippen molar-refractivity contribution in [3.63, 3.8) is 0 Å². The average Bonchev–Trinajstić information content (AvgIpc) is 3.74. The molecule has 0 radical (unpaired) electrons. The standard InChI is InChI=1S/C54H56N2/c1-49(2)41-29-39-37-17-13-15-19-45(37)55(47(39)31-43(41)51(5,6)53(49,9)10)35-25-21-33(22-26-35)34-23-27-36(28-24-34)56-46-20-16-14-18-38(46)40-30-42-44(32-48(40)56)52(7,8)54(11,12)50(42,3)4/h13-32H,1-12H3. The Morgan fingerprint density at radius 1 is 0.304 bits per heavy atom. The van der Waals surface area contributed by atoms with E-state index in [9.17, 15) is 0 Å². The first-order chi connectivity index (χ1) is 26.3. The second-order valence-corrected chi connectivity index (χ2v) is 20.4. The highest BCUT2D eigenvalue weighted by molar-refractivity contribution is 6.11. The van der Waals surface area contributed by atoms with Crippen molar-refractivity contribution in [2.75, 3.05) is 0 Å². The molecule has 2 aromatic heterocycles. The normalized spacial score (nSPS) is 19.6. The molecular weight excluding hydrogens is 677 g/mol. The van der Waals surface area contributed by atoms with Crippen molar-refractivity contribution in [3.8, 4) is 22.5 Å². The van der Waals surface area contributed by atoms with E-state index in [0.717, 1.165) is 0 Å². The molecule has 0 bridgehead atoms. The van der Waals surface area contributed by atoms with Gasteiger partial charge in [0.25, 0.3) is 0 Å². The largest absolute Gasteiger partial charge is 0.309 e. The van der Waals surface area contributed by atoms with Crippen LogP contribution in [0.4, 0.5) is 0 Å². The lowest BCUT2D eigenvalue weighted by Gasteiger charge is -2.44. The van der Waals surface area contributed by atoms with Crippen molar-refractivity contribution in [2.45, 2.75) is 105 Å². The highest BCUT2D eigenvalue weighted by Gasteiger charge is 2.58. The Labute approximate surface area is 333 Å². The maximum Gasteiger partial charge on any atom is 0.0544 e. The molecule has 56 heavy (non-hydrogen) atoms. The van der Waals surface area contributed by atoms with Gasteiger partial charge >= 0.3 is 0 Å². The van der Waals surface area contributed by atoms with Crippen LogP contribution in [0.25, 0.3) is 66.1 Å². The Morgan fingerprint density at radius 3 is 0.946 bits per heavy atom. The van der Waals surface area contributed by atoms with Gasteiger partial charge in [0.2, 0.25) is 0 Å². The van der Waals surface area contributed by atoms with Crippen LogP contribution in [0.5, 0.6) is 0 Å². The molecule has 2 heterocycles. The summed E-state index contributed by atoms with van der Waals surface area (Å²) in [6.45, 7) is 29.3. The molecular formula is C54H56N2. The first-order valence-electron chi connectivity index (χ1n) is 20.7. The third-order valence-electron chi connectivity index (χ3n) is 17.2.